The summed E-state index contributed by atoms with van der Waals surface area (Å²) in [4.78, 5) is 0. The van der Waals surface area contributed by atoms with E-state index in [1.165, 1.54) is 12.1 Å². The van der Waals surface area contributed by atoms with Gasteiger partial charge < -0.3 is 9.47 Å². The summed E-state index contributed by atoms with van der Waals surface area (Å²) in [5, 5.41) is 0. The summed E-state index contributed by atoms with van der Waals surface area (Å²) in [6, 6.07) is 12.5. The fourth-order valence-electron chi connectivity index (χ4n) is 4.18. The topological polar surface area (TPSA) is 18.5 Å². The first kappa shape index (κ1) is 24.2. The second-order valence-electron chi connectivity index (χ2n) is 8.33. The Balaban J connectivity index is 1.55. The number of hydrogen-bond donors (Lipinski definition) is 0. The van der Waals surface area contributed by atoms with Crippen molar-refractivity contribution in [1.29, 1.82) is 0 Å². The Morgan fingerprint density at radius 3 is 1.97 bits per heavy atom. The average Bonchev–Trinajstić information content (AvgIpc) is 2.87. The van der Waals surface area contributed by atoms with E-state index in [1.54, 1.807) is 36.4 Å². The minimum atomic E-state index is -0.963. The van der Waals surface area contributed by atoms with Crippen molar-refractivity contribution in [2.24, 2.45) is 0 Å². The molecule has 34 heavy (non-hydrogen) atoms. The third-order valence-corrected chi connectivity index (χ3v) is 6.08. The van der Waals surface area contributed by atoms with Crippen molar-refractivity contribution < 1.29 is 27.0 Å². The molecule has 178 valence electrons. The van der Waals surface area contributed by atoms with E-state index in [1.807, 2.05) is 19.1 Å². The highest BCUT2D eigenvalue weighted by Crippen LogP contribution is 2.33. The summed E-state index contributed by atoms with van der Waals surface area (Å²) >= 11 is 0. The fraction of sp³-hybridized carbons (Fsp3) is 0.286. The zero-order chi connectivity index (χ0) is 24.1. The lowest BCUT2D eigenvalue weighted by Gasteiger charge is -2.23. The summed E-state index contributed by atoms with van der Waals surface area (Å²) in [6.07, 6.45) is 5.91. The third-order valence-electron chi connectivity index (χ3n) is 6.08. The molecule has 0 bridgehead atoms. The fourth-order valence-corrected chi connectivity index (χ4v) is 4.18. The maximum Gasteiger partial charge on any atom is 0.166 e. The second-order valence-corrected chi connectivity index (χ2v) is 8.33. The molecule has 0 aromatic heterocycles. The van der Waals surface area contributed by atoms with E-state index < -0.39 is 23.3 Å². The minimum absolute atomic E-state index is 0.0913. The quantitative estimate of drug-likeness (QED) is 0.201. The molecule has 1 aliphatic heterocycles. The van der Waals surface area contributed by atoms with Gasteiger partial charge in [0, 0.05) is 17.0 Å². The SMILES string of the molecule is C/C=C\CCCc1ccc(-c2ccc(-c3ccc(C4COCOC4)c(F)c3F)cc2)c(F)c1F. The maximum atomic E-state index is 14.9. The van der Waals surface area contributed by atoms with E-state index in [2.05, 4.69) is 0 Å². The molecular weight excluding hydrogens is 444 g/mol. The number of hydrogen-bond acceptors (Lipinski definition) is 2. The zero-order valence-corrected chi connectivity index (χ0v) is 18.9. The number of rotatable bonds is 7. The zero-order valence-electron chi connectivity index (χ0n) is 18.9. The molecule has 6 heteroatoms. The van der Waals surface area contributed by atoms with Gasteiger partial charge in [-0.1, -0.05) is 60.7 Å². The molecule has 0 spiro atoms. The monoisotopic (exact) mass is 470 g/mol. The molecule has 4 rings (SSSR count). The molecule has 0 N–H and O–H groups in total. The highest BCUT2D eigenvalue weighted by atomic mass is 19.2. The van der Waals surface area contributed by atoms with Crippen molar-refractivity contribution in [2.45, 2.75) is 32.1 Å². The number of unbranched alkanes of at least 4 members (excludes halogenated alkanes) is 1. The highest BCUT2D eigenvalue weighted by Gasteiger charge is 2.24. The van der Waals surface area contributed by atoms with Crippen LogP contribution in [-0.4, -0.2) is 20.0 Å². The first-order valence-corrected chi connectivity index (χ1v) is 11.3. The summed E-state index contributed by atoms with van der Waals surface area (Å²) in [6.45, 7) is 2.60. The molecule has 1 saturated heterocycles. The predicted octanol–water partition coefficient (Wildman–Crippen LogP) is 7.56. The van der Waals surface area contributed by atoms with Crippen molar-refractivity contribution in [2.75, 3.05) is 20.0 Å². The summed E-state index contributed by atoms with van der Waals surface area (Å²) < 4.78 is 69.4. The second kappa shape index (κ2) is 11.0. The Kier molecular flexibility index (Phi) is 7.80. The van der Waals surface area contributed by atoms with Gasteiger partial charge in [-0.3, -0.25) is 0 Å². The van der Waals surface area contributed by atoms with Crippen LogP contribution in [0.1, 0.15) is 36.8 Å². The first-order chi connectivity index (χ1) is 16.5. The summed E-state index contributed by atoms with van der Waals surface area (Å²) in [7, 11) is 0. The standard InChI is InChI=1S/C28H26F4O2/c1-2-3-4-5-6-20-11-12-22(26(30)25(20)29)18-7-9-19(10-8-18)23-13-14-24(28(32)27(23)31)21-15-33-17-34-16-21/h2-3,7-14,21H,4-6,15-17H2,1H3/b3-2-. The van der Waals surface area contributed by atoms with E-state index in [9.17, 15) is 17.6 Å². The molecule has 0 amide bonds. The summed E-state index contributed by atoms with van der Waals surface area (Å²) in [5.41, 5.74) is 1.66. The first-order valence-electron chi connectivity index (χ1n) is 11.3. The number of allylic oxidation sites excluding steroid dienone is 2. The van der Waals surface area contributed by atoms with Crippen LogP contribution < -0.4 is 0 Å². The van der Waals surface area contributed by atoms with Gasteiger partial charge in [-0.2, -0.15) is 0 Å². The molecule has 0 radical (unpaired) electrons. The number of ether oxygens (including phenoxy) is 2. The van der Waals surface area contributed by atoms with Gasteiger partial charge >= 0.3 is 0 Å². The third kappa shape index (κ3) is 5.08. The van der Waals surface area contributed by atoms with Crippen LogP contribution in [0.15, 0.2) is 60.7 Å². The Hall–Kier alpha value is -2.96. The Labute approximate surface area is 196 Å². The molecule has 0 atom stereocenters. The van der Waals surface area contributed by atoms with E-state index in [0.717, 1.165) is 12.8 Å². The van der Waals surface area contributed by atoms with Crippen molar-refractivity contribution in [1.82, 2.24) is 0 Å². The minimum Gasteiger partial charge on any atom is -0.355 e. The van der Waals surface area contributed by atoms with Crippen LogP contribution in [-0.2, 0) is 15.9 Å². The largest absolute Gasteiger partial charge is 0.355 e. The lowest BCUT2D eigenvalue weighted by atomic mass is 9.94. The molecule has 0 unspecified atom stereocenters. The Bertz CT molecular complexity index is 1170. The summed E-state index contributed by atoms with van der Waals surface area (Å²) in [5.74, 6) is -4.02. The van der Waals surface area contributed by atoms with Crippen molar-refractivity contribution in [3.8, 4) is 22.3 Å². The van der Waals surface area contributed by atoms with Crippen molar-refractivity contribution in [3.63, 3.8) is 0 Å². The van der Waals surface area contributed by atoms with Gasteiger partial charge in [0.2, 0.25) is 0 Å². The number of benzene rings is 3. The van der Waals surface area contributed by atoms with Crippen LogP contribution in [0.25, 0.3) is 22.3 Å². The normalized spacial score (nSPS) is 14.7. The lowest BCUT2D eigenvalue weighted by Crippen LogP contribution is -2.23. The maximum absolute atomic E-state index is 14.9. The van der Waals surface area contributed by atoms with Crippen LogP contribution in [0.4, 0.5) is 17.6 Å². The highest BCUT2D eigenvalue weighted by molar-refractivity contribution is 5.71. The molecule has 1 aliphatic rings. The smallest absolute Gasteiger partial charge is 0.166 e. The van der Waals surface area contributed by atoms with Crippen LogP contribution in [0.2, 0.25) is 0 Å². The predicted molar refractivity (Wildman–Crippen MR) is 124 cm³/mol. The van der Waals surface area contributed by atoms with Gasteiger partial charge in [0.1, 0.15) is 6.79 Å². The molecule has 3 aromatic carbocycles. The molecule has 1 fully saturated rings. The van der Waals surface area contributed by atoms with E-state index >= 15 is 0 Å². The molecule has 2 nitrogen and oxygen atoms in total. The number of aryl methyl sites for hydroxylation is 1. The molecular formula is C28H26F4O2. The Morgan fingerprint density at radius 2 is 1.35 bits per heavy atom. The van der Waals surface area contributed by atoms with Crippen LogP contribution >= 0.6 is 0 Å². The van der Waals surface area contributed by atoms with Crippen molar-refractivity contribution >= 4 is 0 Å². The van der Waals surface area contributed by atoms with Gasteiger partial charge in [0.15, 0.2) is 23.3 Å². The van der Waals surface area contributed by atoms with Gasteiger partial charge in [-0.15, -0.1) is 0 Å². The molecule has 0 saturated carbocycles. The van der Waals surface area contributed by atoms with E-state index in [4.69, 9.17) is 9.47 Å². The van der Waals surface area contributed by atoms with Crippen LogP contribution in [0, 0.1) is 23.3 Å². The molecule has 1 heterocycles. The Morgan fingerprint density at radius 1 is 0.765 bits per heavy atom. The van der Waals surface area contributed by atoms with Crippen LogP contribution in [0.5, 0.6) is 0 Å². The van der Waals surface area contributed by atoms with Gasteiger partial charge in [0.05, 0.1) is 13.2 Å². The molecule has 3 aromatic rings. The average molecular weight is 471 g/mol. The van der Waals surface area contributed by atoms with Gasteiger partial charge in [0.25, 0.3) is 0 Å². The lowest BCUT2D eigenvalue weighted by molar-refractivity contribution is -0.108. The van der Waals surface area contributed by atoms with Gasteiger partial charge in [-0.25, -0.2) is 17.6 Å². The van der Waals surface area contributed by atoms with E-state index in [-0.39, 0.29) is 42.6 Å². The number of halogens is 4. The van der Waals surface area contributed by atoms with Gasteiger partial charge in [-0.05, 0) is 48.4 Å². The van der Waals surface area contributed by atoms with Crippen molar-refractivity contribution in [3.05, 3.63) is 95.1 Å². The molecule has 0 aliphatic carbocycles. The van der Waals surface area contributed by atoms with Crippen LogP contribution in [0.3, 0.4) is 0 Å². The van der Waals surface area contributed by atoms with E-state index in [0.29, 0.717) is 23.1 Å².